The minimum absolute atomic E-state index is 1.01. The van der Waals surface area contributed by atoms with Crippen LogP contribution in [0.3, 0.4) is 0 Å². The van der Waals surface area contributed by atoms with Gasteiger partial charge in [-0.3, -0.25) is 0 Å². The molecule has 0 fully saturated rings. The Balaban J connectivity index is 1.69. The summed E-state index contributed by atoms with van der Waals surface area (Å²) in [6.07, 6.45) is 4.21. The second-order valence-corrected chi connectivity index (χ2v) is 5.41. The van der Waals surface area contributed by atoms with Gasteiger partial charge in [-0.15, -0.1) is 0 Å². The van der Waals surface area contributed by atoms with Crippen molar-refractivity contribution in [3.8, 4) is 0 Å². The molecule has 0 unspecified atom stereocenters. The van der Waals surface area contributed by atoms with Gasteiger partial charge in [0.1, 0.15) is 0 Å². The van der Waals surface area contributed by atoms with E-state index in [0.717, 1.165) is 37.1 Å². The number of aryl methyl sites for hydroxylation is 2. The predicted molar refractivity (Wildman–Crippen MR) is 82.6 cm³/mol. The van der Waals surface area contributed by atoms with Crippen LogP contribution in [0.1, 0.15) is 35.1 Å². The van der Waals surface area contributed by atoms with Gasteiger partial charge in [-0.2, -0.15) is 10.2 Å². The Morgan fingerprint density at radius 2 is 1.00 bits per heavy atom. The predicted octanol–water partition coefficient (Wildman–Crippen LogP) is 3.77. The van der Waals surface area contributed by atoms with Gasteiger partial charge in [0.05, 0.1) is 11.4 Å². The molecule has 20 heavy (non-hydrogen) atoms. The van der Waals surface area contributed by atoms with Crippen molar-refractivity contribution in [1.29, 1.82) is 0 Å². The molecule has 2 aromatic carbocycles. The average Bonchev–Trinajstić information content (AvgIpc) is 3.09. The van der Waals surface area contributed by atoms with E-state index in [1.165, 1.54) is 22.3 Å². The van der Waals surface area contributed by atoms with Crippen LogP contribution in [0.15, 0.2) is 58.7 Å². The van der Waals surface area contributed by atoms with Crippen LogP contribution in [0.5, 0.6) is 0 Å². The zero-order valence-corrected chi connectivity index (χ0v) is 11.3. The molecule has 0 aromatic heterocycles. The maximum absolute atomic E-state index is 4.55. The highest BCUT2D eigenvalue weighted by molar-refractivity contribution is 6.07. The summed E-state index contributed by atoms with van der Waals surface area (Å²) < 4.78 is 0. The Kier molecular flexibility index (Phi) is 2.73. The molecule has 0 aliphatic heterocycles. The molecular weight excluding hydrogens is 244 g/mol. The van der Waals surface area contributed by atoms with Crippen molar-refractivity contribution in [2.45, 2.75) is 25.7 Å². The molecule has 0 saturated heterocycles. The quantitative estimate of drug-likeness (QED) is 0.697. The molecule has 0 N–H and O–H groups in total. The van der Waals surface area contributed by atoms with E-state index in [0.29, 0.717) is 0 Å². The number of fused-ring (bicyclic) bond motifs is 2. The standard InChI is InChI=1S/C18H16N2/c1-3-7-15-13(5-1)9-11-17(15)19-20-18-12-10-14-6-2-4-8-16(14)18/h1-8H,9-12H2/b19-17-,20-18-. The van der Waals surface area contributed by atoms with Crippen LogP contribution in [-0.4, -0.2) is 11.4 Å². The van der Waals surface area contributed by atoms with Crippen LogP contribution >= 0.6 is 0 Å². The van der Waals surface area contributed by atoms with Crippen molar-refractivity contribution in [3.05, 3.63) is 70.8 Å². The van der Waals surface area contributed by atoms with Crippen LogP contribution in [0, 0.1) is 0 Å². The number of hydrogen-bond donors (Lipinski definition) is 0. The molecule has 0 spiro atoms. The Morgan fingerprint density at radius 3 is 1.50 bits per heavy atom. The van der Waals surface area contributed by atoms with Crippen LogP contribution in [0.25, 0.3) is 0 Å². The minimum Gasteiger partial charge on any atom is -0.155 e. The summed E-state index contributed by atoms with van der Waals surface area (Å²) in [6.45, 7) is 0. The summed E-state index contributed by atoms with van der Waals surface area (Å²) in [4.78, 5) is 0. The second kappa shape index (κ2) is 4.71. The van der Waals surface area contributed by atoms with Gasteiger partial charge < -0.3 is 0 Å². The highest BCUT2D eigenvalue weighted by atomic mass is 15.2. The molecule has 0 heterocycles. The largest absolute Gasteiger partial charge is 0.155 e. The van der Waals surface area contributed by atoms with E-state index >= 15 is 0 Å². The lowest BCUT2D eigenvalue weighted by Gasteiger charge is -1.99. The fourth-order valence-electron chi connectivity index (χ4n) is 3.14. The fraction of sp³-hybridized carbons (Fsp3) is 0.222. The molecule has 2 heteroatoms. The highest BCUT2D eigenvalue weighted by Crippen LogP contribution is 2.24. The first-order valence-corrected chi connectivity index (χ1v) is 7.22. The first kappa shape index (κ1) is 11.6. The van der Waals surface area contributed by atoms with E-state index in [-0.39, 0.29) is 0 Å². The van der Waals surface area contributed by atoms with E-state index in [9.17, 15) is 0 Å². The van der Waals surface area contributed by atoms with Gasteiger partial charge in [0, 0.05) is 11.1 Å². The highest BCUT2D eigenvalue weighted by Gasteiger charge is 2.19. The van der Waals surface area contributed by atoms with Crippen LogP contribution in [0.4, 0.5) is 0 Å². The summed E-state index contributed by atoms with van der Waals surface area (Å²) in [5.41, 5.74) is 7.64. The molecule has 0 saturated carbocycles. The lowest BCUT2D eigenvalue weighted by atomic mass is 10.1. The second-order valence-electron chi connectivity index (χ2n) is 5.41. The van der Waals surface area contributed by atoms with E-state index in [1.54, 1.807) is 0 Å². The van der Waals surface area contributed by atoms with Gasteiger partial charge >= 0.3 is 0 Å². The lowest BCUT2D eigenvalue weighted by molar-refractivity contribution is 1.06. The van der Waals surface area contributed by atoms with Crippen molar-refractivity contribution in [2.75, 3.05) is 0 Å². The molecule has 0 amide bonds. The fourth-order valence-corrected chi connectivity index (χ4v) is 3.14. The molecule has 0 bridgehead atoms. The zero-order valence-electron chi connectivity index (χ0n) is 11.3. The van der Waals surface area contributed by atoms with Gasteiger partial charge in [0.25, 0.3) is 0 Å². The van der Waals surface area contributed by atoms with Crippen molar-refractivity contribution < 1.29 is 0 Å². The minimum atomic E-state index is 1.01. The number of rotatable bonds is 1. The third kappa shape index (κ3) is 1.88. The van der Waals surface area contributed by atoms with E-state index in [4.69, 9.17) is 0 Å². The lowest BCUT2D eigenvalue weighted by Crippen LogP contribution is -1.97. The van der Waals surface area contributed by atoms with Gasteiger partial charge in [0.2, 0.25) is 0 Å². The maximum Gasteiger partial charge on any atom is 0.0708 e. The van der Waals surface area contributed by atoms with Gasteiger partial charge in [0.15, 0.2) is 0 Å². The Labute approximate surface area is 118 Å². The number of benzene rings is 2. The molecule has 2 aliphatic rings. The third-order valence-electron chi connectivity index (χ3n) is 4.21. The molecule has 4 rings (SSSR count). The molecule has 2 nitrogen and oxygen atoms in total. The molecule has 0 radical (unpaired) electrons. The van der Waals surface area contributed by atoms with Crippen molar-refractivity contribution in [2.24, 2.45) is 10.2 Å². The Morgan fingerprint density at radius 1 is 0.550 bits per heavy atom. The molecular formula is C18H16N2. The first-order valence-electron chi connectivity index (χ1n) is 7.22. The van der Waals surface area contributed by atoms with Crippen LogP contribution < -0.4 is 0 Å². The Hall–Kier alpha value is -2.22. The maximum atomic E-state index is 4.55. The van der Waals surface area contributed by atoms with E-state index in [2.05, 4.69) is 58.7 Å². The topological polar surface area (TPSA) is 24.7 Å². The zero-order chi connectivity index (χ0) is 13.4. The Bertz CT molecular complexity index is 662. The normalized spacial score (nSPS) is 20.4. The SMILES string of the molecule is c1ccc2c(c1)CC/C2=N/N=C1/CCc2ccccc21. The number of hydrogen-bond acceptors (Lipinski definition) is 2. The van der Waals surface area contributed by atoms with E-state index < -0.39 is 0 Å². The average molecular weight is 260 g/mol. The van der Waals surface area contributed by atoms with Gasteiger partial charge in [-0.1, -0.05) is 48.5 Å². The molecule has 0 atom stereocenters. The summed E-state index contributed by atoms with van der Waals surface area (Å²) >= 11 is 0. The molecule has 2 aromatic rings. The molecule has 2 aliphatic carbocycles. The summed E-state index contributed by atoms with van der Waals surface area (Å²) in [6, 6.07) is 17.1. The summed E-state index contributed by atoms with van der Waals surface area (Å²) in [5, 5.41) is 9.10. The van der Waals surface area contributed by atoms with Crippen molar-refractivity contribution >= 4 is 11.4 Å². The van der Waals surface area contributed by atoms with Crippen LogP contribution in [0.2, 0.25) is 0 Å². The van der Waals surface area contributed by atoms with Crippen molar-refractivity contribution in [3.63, 3.8) is 0 Å². The van der Waals surface area contributed by atoms with E-state index in [1.807, 2.05) is 0 Å². The monoisotopic (exact) mass is 260 g/mol. The molecule has 98 valence electrons. The summed E-state index contributed by atoms with van der Waals surface area (Å²) in [5.74, 6) is 0. The first-order chi connectivity index (χ1) is 9.92. The van der Waals surface area contributed by atoms with Crippen molar-refractivity contribution in [1.82, 2.24) is 0 Å². The number of nitrogens with zero attached hydrogens (tertiary/aromatic N) is 2. The third-order valence-corrected chi connectivity index (χ3v) is 4.21. The van der Waals surface area contributed by atoms with Gasteiger partial charge in [-0.05, 0) is 36.8 Å². The van der Waals surface area contributed by atoms with Gasteiger partial charge in [-0.25, -0.2) is 0 Å². The smallest absolute Gasteiger partial charge is 0.0708 e. The van der Waals surface area contributed by atoms with Crippen LogP contribution in [-0.2, 0) is 12.8 Å². The summed E-state index contributed by atoms with van der Waals surface area (Å²) in [7, 11) is 0.